The summed E-state index contributed by atoms with van der Waals surface area (Å²) in [6.07, 6.45) is 3.62. The number of nitriles is 1. The molecule has 1 N–H and O–H groups in total. The molecule has 3 nitrogen and oxygen atoms in total. The fraction of sp³-hybridized carbons (Fsp3) is 0.533. The average Bonchev–Trinajstić information content (AvgIpc) is 2.41. The Morgan fingerprint density at radius 3 is 2.79 bits per heavy atom. The number of benzene rings is 1. The summed E-state index contributed by atoms with van der Waals surface area (Å²) in [5, 5.41) is 11.9. The summed E-state index contributed by atoms with van der Waals surface area (Å²) in [5.74, 6) is 0.318. The summed E-state index contributed by atoms with van der Waals surface area (Å²) in [6.45, 7) is 3.21. The van der Waals surface area contributed by atoms with Crippen LogP contribution >= 0.6 is 0 Å². The van der Waals surface area contributed by atoms with Crippen LogP contribution in [0.2, 0.25) is 0 Å². The van der Waals surface area contributed by atoms with Gasteiger partial charge in [0.2, 0.25) is 0 Å². The first-order valence-corrected chi connectivity index (χ1v) is 6.81. The van der Waals surface area contributed by atoms with Crippen LogP contribution in [0.15, 0.2) is 18.2 Å². The van der Waals surface area contributed by atoms with E-state index >= 15 is 0 Å². The van der Waals surface area contributed by atoms with Gasteiger partial charge in [0, 0.05) is 12.2 Å². The number of piperidine rings is 1. The maximum atomic E-state index is 13.4. The molecule has 19 heavy (non-hydrogen) atoms. The van der Waals surface area contributed by atoms with Gasteiger partial charge in [0.05, 0.1) is 5.56 Å². The zero-order valence-corrected chi connectivity index (χ0v) is 11.3. The van der Waals surface area contributed by atoms with Gasteiger partial charge in [0.15, 0.2) is 0 Å². The van der Waals surface area contributed by atoms with Crippen LogP contribution in [0.4, 0.5) is 10.1 Å². The SMILES string of the molecule is CN1CCC(CCNc2ccc(C#N)c(F)c2)CC1. The molecular formula is C15H20FN3. The smallest absolute Gasteiger partial charge is 0.143 e. The van der Waals surface area contributed by atoms with E-state index in [4.69, 9.17) is 5.26 Å². The summed E-state index contributed by atoms with van der Waals surface area (Å²) in [4.78, 5) is 2.36. The molecule has 0 saturated carbocycles. The van der Waals surface area contributed by atoms with Crippen molar-refractivity contribution in [3.63, 3.8) is 0 Å². The van der Waals surface area contributed by atoms with Gasteiger partial charge in [-0.1, -0.05) is 0 Å². The van der Waals surface area contributed by atoms with E-state index in [0.717, 1.165) is 24.6 Å². The molecule has 0 radical (unpaired) electrons. The first kappa shape index (κ1) is 13.8. The van der Waals surface area contributed by atoms with E-state index < -0.39 is 5.82 Å². The third-order valence-corrected chi connectivity index (χ3v) is 3.81. The van der Waals surface area contributed by atoms with Crippen LogP contribution in [0, 0.1) is 23.1 Å². The summed E-state index contributed by atoms with van der Waals surface area (Å²) in [7, 11) is 2.16. The molecule has 0 amide bonds. The van der Waals surface area contributed by atoms with Gasteiger partial charge < -0.3 is 10.2 Å². The first-order chi connectivity index (χ1) is 9.19. The predicted octanol–water partition coefficient (Wildman–Crippen LogP) is 2.84. The van der Waals surface area contributed by atoms with Crippen LogP contribution < -0.4 is 5.32 Å². The molecule has 2 rings (SSSR count). The van der Waals surface area contributed by atoms with Crippen molar-refractivity contribution in [1.82, 2.24) is 4.90 Å². The van der Waals surface area contributed by atoms with Crippen molar-refractivity contribution >= 4 is 5.69 Å². The Kier molecular flexibility index (Phi) is 4.75. The highest BCUT2D eigenvalue weighted by molar-refractivity contribution is 5.48. The molecule has 1 aromatic carbocycles. The molecular weight excluding hydrogens is 241 g/mol. The fourth-order valence-electron chi connectivity index (χ4n) is 2.49. The van der Waals surface area contributed by atoms with Crippen LogP contribution in [-0.2, 0) is 0 Å². The lowest BCUT2D eigenvalue weighted by Gasteiger charge is -2.28. The monoisotopic (exact) mass is 261 g/mol. The largest absolute Gasteiger partial charge is 0.385 e. The van der Waals surface area contributed by atoms with Crippen molar-refractivity contribution in [1.29, 1.82) is 5.26 Å². The van der Waals surface area contributed by atoms with E-state index in [1.807, 2.05) is 6.07 Å². The minimum atomic E-state index is -0.452. The molecule has 0 aliphatic carbocycles. The zero-order chi connectivity index (χ0) is 13.7. The Hall–Kier alpha value is -1.60. The molecule has 1 aliphatic rings. The third kappa shape index (κ3) is 3.93. The molecule has 0 aromatic heterocycles. The maximum absolute atomic E-state index is 13.4. The van der Waals surface area contributed by atoms with E-state index in [9.17, 15) is 4.39 Å². The highest BCUT2D eigenvalue weighted by atomic mass is 19.1. The van der Waals surface area contributed by atoms with Crippen molar-refractivity contribution in [3.8, 4) is 6.07 Å². The number of rotatable bonds is 4. The van der Waals surface area contributed by atoms with E-state index in [1.54, 1.807) is 6.07 Å². The number of nitrogens with zero attached hydrogens (tertiary/aromatic N) is 2. The third-order valence-electron chi connectivity index (χ3n) is 3.81. The van der Waals surface area contributed by atoms with E-state index in [-0.39, 0.29) is 5.56 Å². The Labute approximate surface area is 114 Å². The van der Waals surface area contributed by atoms with Crippen molar-refractivity contribution in [3.05, 3.63) is 29.6 Å². The molecule has 102 valence electrons. The van der Waals surface area contributed by atoms with E-state index in [2.05, 4.69) is 17.3 Å². The van der Waals surface area contributed by atoms with E-state index in [1.165, 1.54) is 38.1 Å². The van der Waals surface area contributed by atoms with Crippen molar-refractivity contribution in [2.24, 2.45) is 5.92 Å². The Balaban J connectivity index is 1.77. The topological polar surface area (TPSA) is 39.1 Å². The van der Waals surface area contributed by atoms with Crippen LogP contribution in [0.25, 0.3) is 0 Å². The predicted molar refractivity (Wildman–Crippen MR) is 74.4 cm³/mol. The summed E-state index contributed by atoms with van der Waals surface area (Å²) in [5.41, 5.74) is 0.852. The fourth-order valence-corrected chi connectivity index (χ4v) is 2.49. The Morgan fingerprint density at radius 1 is 1.42 bits per heavy atom. The Bertz CT molecular complexity index is 459. The lowest BCUT2D eigenvalue weighted by atomic mass is 9.94. The number of hydrogen-bond donors (Lipinski definition) is 1. The molecule has 1 aromatic rings. The minimum Gasteiger partial charge on any atom is -0.385 e. The zero-order valence-electron chi connectivity index (χ0n) is 11.3. The van der Waals surface area contributed by atoms with Gasteiger partial charge in [-0.05, 0) is 63.5 Å². The highest BCUT2D eigenvalue weighted by Crippen LogP contribution is 2.20. The minimum absolute atomic E-state index is 0.0980. The summed E-state index contributed by atoms with van der Waals surface area (Å²) in [6, 6.07) is 6.50. The second-order valence-electron chi connectivity index (χ2n) is 5.27. The van der Waals surface area contributed by atoms with Crippen LogP contribution in [0.5, 0.6) is 0 Å². The standard InChI is InChI=1S/C15H20FN3/c1-19-8-5-12(6-9-19)4-7-18-14-3-2-13(11-17)15(16)10-14/h2-3,10,12,18H,4-9H2,1H3. The maximum Gasteiger partial charge on any atom is 0.143 e. The molecule has 1 aliphatic heterocycles. The molecule has 4 heteroatoms. The molecule has 1 saturated heterocycles. The molecule has 1 heterocycles. The number of nitrogens with one attached hydrogen (secondary N) is 1. The number of likely N-dealkylation sites (tertiary alicyclic amines) is 1. The molecule has 1 fully saturated rings. The van der Waals surface area contributed by atoms with Crippen molar-refractivity contribution in [2.45, 2.75) is 19.3 Å². The quantitative estimate of drug-likeness (QED) is 0.906. The summed E-state index contributed by atoms with van der Waals surface area (Å²) < 4.78 is 13.4. The lowest BCUT2D eigenvalue weighted by molar-refractivity contribution is 0.215. The summed E-state index contributed by atoms with van der Waals surface area (Å²) >= 11 is 0. The van der Waals surface area contributed by atoms with Crippen LogP contribution in [0.1, 0.15) is 24.8 Å². The second kappa shape index (κ2) is 6.53. The van der Waals surface area contributed by atoms with Gasteiger partial charge in [-0.3, -0.25) is 0 Å². The second-order valence-corrected chi connectivity index (χ2v) is 5.27. The molecule has 0 bridgehead atoms. The van der Waals surface area contributed by atoms with Crippen LogP contribution in [-0.4, -0.2) is 31.6 Å². The van der Waals surface area contributed by atoms with Crippen molar-refractivity contribution < 1.29 is 4.39 Å². The first-order valence-electron chi connectivity index (χ1n) is 6.81. The van der Waals surface area contributed by atoms with Gasteiger partial charge in [-0.15, -0.1) is 0 Å². The van der Waals surface area contributed by atoms with E-state index in [0.29, 0.717) is 0 Å². The number of anilines is 1. The van der Waals surface area contributed by atoms with Gasteiger partial charge in [0.1, 0.15) is 11.9 Å². The average molecular weight is 261 g/mol. The van der Waals surface area contributed by atoms with Gasteiger partial charge >= 0.3 is 0 Å². The number of halogens is 1. The Morgan fingerprint density at radius 2 is 2.16 bits per heavy atom. The lowest BCUT2D eigenvalue weighted by Crippen LogP contribution is -2.30. The van der Waals surface area contributed by atoms with Crippen LogP contribution in [0.3, 0.4) is 0 Å². The van der Waals surface area contributed by atoms with Crippen molar-refractivity contribution in [2.75, 3.05) is 32.0 Å². The molecule has 0 unspecified atom stereocenters. The molecule has 0 atom stereocenters. The number of hydrogen-bond acceptors (Lipinski definition) is 3. The molecule has 0 spiro atoms. The van der Waals surface area contributed by atoms with Gasteiger partial charge in [0.25, 0.3) is 0 Å². The highest BCUT2D eigenvalue weighted by Gasteiger charge is 2.15. The van der Waals surface area contributed by atoms with Gasteiger partial charge in [-0.2, -0.15) is 5.26 Å². The van der Waals surface area contributed by atoms with Gasteiger partial charge in [-0.25, -0.2) is 4.39 Å². The normalized spacial score (nSPS) is 17.1.